The summed E-state index contributed by atoms with van der Waals surface area (Å²) in [5.41, 5.74) is 2.29. The van der Waals surface area contributed by atoms with E-state index in [2.05, 4.69) is 10.5 Å². The number of carbonyl (C=O) groups is 1. The summed E-state index contributed by atoms with van der Waals surface area (Å²) in [6, 6.07) is 8.29. The lowest BCUT2D eigenvalue weighted by molar-refractivity contribution is -0.0794. The van der Waals surface area contributed by atoms with Gasteiger partial charge in [-0.05, 0) is 51.8 Å². The summed E-state index contributed by atoms with van der Waals surface area (Å²) in [4.78, 5) is 14.1. The van der Waals surface area contributed by atoms with Crippen molar-refractivity contribution in [2.75, 3.05) is 44.8 Å². The number of carbonyl (C=O) groups excluding carboxylic acids is 1. The molecule has 1 amide bonds. The molecule has 1 aromatic carbocycles. The molecule has 0 aliphatic carbocycles. The number of piperidine rings is 1. The summed E-state index contributed by atoms with van der Waals surface area (Å²) >= 11 is 0. The number of hydrogen-bond acceptors (Lipinski definition) is 8. The van der Waals surface area contributed by atoms with Gasteiger partial charge in [-0.3, -0.25) is 0 Å². The third kappa shape index (κ3) is 5.31. The van der Waals surface area contributed by atoms with Gasteiger partial charge in [0.05, 0.1) is 43.9 Å². The van der Waals surface area contributed by atoms with Crippen LogP contribution in [0.1, 0.15) is 45.2 Å². The van der Waals surface area contributed by atoms with E-state index in [9.17, 15) is 4.79 Å². The highest BCUT2D eigenvalue weighted by Crippen LogP contribution is 2.35. The van der Waals surface area contributed by atoms with E-state index in [1.807, 2.05) is 45.0 Å². The number of nitrogens with one attached hydrogen (secondary N) is 1. The maximum Gasteiger partial charge on any atom is 0.410 e. The molecular weight excluding hydrogens is 438 g/mol. The van der Waals surface area contributed by atoms with Gasteiger partial charge < -0.3 is 33.7 Å². The Hall–Kier alpha value is -2.78. The van der Waals surface area contributed by atoms with Gasteiger partial charge in [-0.1, -0.05) is 5.16 Å². The van der Waals surface area contributed by atoms with Crippen molar-refractivity contribution in [3.8, 4) is 17.1 Å². The lowest BCUT2D eigenvalue weighted by Gasteiger charge is -2.32. The molecule has 4 heterocycles. The van der Waals surface area contributed by atoms with Gasteiger partial charge in [0.25, 0.3) is 0 Å². The monoisotopic (exact) mass is 471 g/mol. The third-order valence-corrected chi connectivity index (χ3v) is 6.26. The van der Waals surface area contributed by atoms with E-state index < -0.39 is 5.60 Å². The quantitative estimate of drug-likeness (QED) is 0.674. The molecule has 1 N–H and O–H groups in total. The fraction of sp³-hybridized carbons (Fsp3) is 0.600. The number of rotatable bonds is 6. The van der Waals surface area contributed by atoms with Gasteiger partial charge in [0.1, 0.15) is 17.5 Å². The van der Waals surface area contributed by atoms with E-state index in [-0.39, 0.29) is 24.2 Å². The fourth-order valence-electron chi connectivity index (χ4n) is 4.20. The zero-order valence-corrected chi connectivity index (χ0v) is 20.0. The SMILES string of the molecule is CC(C)(C)OC(=O)N1CCC(c2cc(-c3ccc(OC4COC4)c(NC4COC4)c3)on2)CC1. The highest BCUT2D eigenvalue weighted by atomic mass is 16.6. The Morgan fingerprint density at radius 3 is 2.44 bits per heavy atom. The van der Waals surface area contributed by atoms with Gasteiger partial charge in [0.15, 0.2) is 5.76 Å². The average molecular weight is 472 g/mol. The first-order valence-corrected chi connectivity index (χ1v) is 12.0. The van der Waals surface area contributed by atoms with Crippen LogP contribution in [0.5, 0.6) is 5.75 Å². The third-order valence-electron chi connectivity index (χ3n) is 6.26. The van der Waals surface area contributed by atoms with Crippen LogP contribution in [0.25, 0.3) is 11.3 Å². The molecule has 0 bridgehead atoms. The number of nitrogens with zero attached hydrogens (tertiary/aromatic N) is 2. The molecule has 0 spiro atoms. The lowest BCUT2D eigenvalue weighted by Crippen LogP contribution is -2.41. The topological polar surface area (TPSA) is 95.3 Å². The highest BCUT2D eigenvalue weighted by Gasteiger charge is 2.29. The second-order valence-electron chi connectivity index (χ2n) is 10.2. The summed E-state index contributed by atoms with van der Waals surface area (Å²) in [6.07, 6.45) is 1.50. The maximum atomic E-state index is 12.3. The second-order valence-corrected chi connectivity index (χ2v) is 10.2. The molecule has 184 valence electrons. The van der Waals surface area contributed by atoms with Crippen LogP contribution in [-0.4, -0.2) is 73.4 Å². The van der Waals surface area contributed by atoms with Crippen molar-refractivity contribution in [1.29, 1.82) is 0 Å². The van der Waals surface area contributed by atoms with Crippen LogP contribution in [0, 0.1) is 0 Å². The summed E-state index contributed by atoms with van der Waals surface area (Å²) in [5, 5.41) is 7.87. The van der Waals surface area contributed by atoms with Crippen LogP contribution in [0.2, 0.25) is 0 Å². The van der Waals surface area contributed by atoms with E-state index in [4.69, 9.17) is 23.5 Å². The Morgan fingerprint density at radius 2 is 1.82 bits per heavy atom. The normalized spacial score (nSPS) is 19.9. The molecule has 0 unspecified atom stereocenters. The number of hydrogen-bond donors (Lipinski definition) is 1. The van der Waals surface area contributed by atoms with Crippen LogP contribution in [0.4, 0.5) is 10.5 Å². The van der Waals surface area contributed by atoms with Crippen molar-refractivity contribution >= 4 is 11.8 Å². The zero-order valence-electron chi connectivity index (χ0n) is 20.0. The molecule has 3 fully saturated rings. The standard InChI is InChI=1S/C25H33N3O6/c1-25(2,3)33-24(29)28-8-6-16(7-9-28)20-11-23(34-27-20)17-4-5-22(32-19-14-31-15-19)21(10-17)26-18-12-30-13-18/h4-5,10-11,16,18-19,26H,6-9,12-15H2,1-3H3. The van der Waals surface area contributed by atoms with E-state index in [0.717, 1.165) is 41.3 Å². The van der Waals surface area contributed by atoms with Gasteiger partial charge in [-0.25, -0.2) is 4.79 Å². The molecule has 1 aromatic heterocycles. The summed E-state index contributed by atoms with van der Waals surface area (Å²) in [7, 11) is 0. The molecule has 3 aliphatic heterocycles. The van der Waals surface area contributed by atoms with Crippen molar-refractivity contribution < 1.29 is 28.3 Å². The van der Waals surface area contributed by atoms with Crippen LogP contribution in [0.3, 0.4) is 0 Å². The van der Waals surface area contributed by atoms with Crippen LogP contribution in [0.15, 0.2) is 28.8 Å². The first-order valence-electron chi connectivity index (χ1n) is 12.0. The molecule has 0 saturated carbocycles. The second kappa shape index (κ2) is 9.46. The minimum absolute atomic E-state index is 0.0902. The molecule has 9 nitrogen and oxygen atoms in total. The Labute approximate surface area is 199 Å². The molecule has 9 heteroatoms. The van der Waals surface area contributed by atoms with E-state index in [1.54, 1.807) is 4.90 Å². The number of ether oxygens (including phenoxy) is 4. The van der Waals surface area contributed by atoms with Gasteiger partial charge in [-0.2, -0.15) is 0 Å². The number of benzene rings is 1. The molecule has 5 rings (SSSR count). The lowest BCUT2D eigenvalue weighted by atomic mass is 9.93. The smallest absolute Gasteiger partial charge is 0.410 e. The molecule has 0 radical (unpaired) electrons. The number of likely N-dealkylation sites (tertiary alicyclic amines) is 1. The predicted molar refractivity (Wildman–Crippen MR) is 125 cm³/mol. The summed E-state index contributed by atoms with van der Waals surface area (Å²) < 4.78 is 27.9. The molecule has 3 saturated heterocycles. The Balaban J connectivity index is 1.25. The van der Waals surface area contributed by atoms with Crippen molar-refractivity contribution in [3.63, 3.8) is 0 Å². The van der Waals surface area contributed by atoms with Crippen LogP contribution < -0.4 is 10.1 Å². The van der Waals surface area contributed by atoms with Crippen LogP contribution >= 0.6 is 0 Å². The molecule has 3 aliphatic rings. The molecular formula is C25H33N3O6. The highest BCUT2D eigenvalue weighted by molar-refractivity contribution is 5.70. The first-order chi connectivity index (χ1) is 16.3. The van der Waals surface area contributed by atoms with Gasteiger partial charge >= 0.3 is 6.09 Å². The Kier molecular flexibility index (Phi) is 6.40. The van der Waals surface area contributed by atoms with Gasteiger partial charge in [0, 0.05) is 30.6 Å². The minimum atomic E-state index is -0.486. The average Bonchev–Trinajstić information content (AvgIpc) is 3.23. The van der Waals surface area contributed by atoms with E-state index in [1.165, 1.54) is 0 Å². The minimum Gasteiger partial charge on any atom is -0.483 e. The van der Waals surface area contributed by atoms with Crippen molar-refractivity contribution in [2.24, 2.45) is 0 Å². The fourth-order valence-corrected chi connectivity index (χ4v) is 4.20. The Bertz CT molecular complexity index is 1000. The van der Waals surface area contributed by atoms with Gasteiger partial charge in [0.2, 0.25) is 0 Å². The van der Waals surface area contributed by atoms with Crippen molar-refractivity contribution in [1.82, 2.24) is 10.1 Å². The number of aromatic nitrogens is 1. The van der Waals surface area contributed by atoms with Crippen molar-refractivity contribution in [2.45, 2.75) is 57.3 Å². The van der Waals surface area contributed by atoms with Gasteiger partial charge in [-0.15, -0.1) is 0 Å². The number of amides is 1. The summed E-state index contributed by atoms with van der Waals surface area (Å²) in [6.45, 7) is 9.56. The molecule has 2 aromatic rings. The van der Waals surface area contributed by atoms with Crippen LogP contribution in [-0.2, 0) is 14.2 Å². The first kappa shape index (κ1) is 23.0. The predicted octanol–water partition coefficient (Wildman–Crippen LogP) is 4.04. The van der Waals surface area contributed by atoms with E-state index >= 15 is 0 Å². The largest absolute Gasteiger partial charge is 0.483 e. The van der Waals surface area contributed by atoms with E-state index in [0.29, 0.717) is 39.5 Å². The molecule has 34 heavy (non-hydrogen) atoms. The number of anilines is 1. The zero-order chi connectivity index (χ0) is 23.7. The Morgan fingerprint density at radius 1 is 1.09 bits per heavy atom. The van der Waals surface area contributed by atoms with Crippen molar-refractivity contribution in [3.05, 3.63) is 30.0 Å². The molecule has 0 atom stereocenters. The summed E-state index contributed by atoms with van der Waals surface area (Å²) in [5.74, 6) is 1.77. The maximum absolute atomic E-state index is 12.3.